The molecule has 0 spiro atoms. The Hall–Kier alpha value is -2.51. The first kappa shape index (κ1) is 14.4. The molecular weight excluding hydrogens is 292 g/mol. The number of aromatic nitrogens is 3. The zero-order chi connectivity index (χ0) is 15.5. The Labute approximate surface area is 125 Å². The third-order valence-corrected chi connectivity index (χ3v) is 3.62. The number of alkyl halides is 2. The lowest BCUT2D eigenvalue weighted by Gasteiger charge is -2.36. The Kier molecular flexibility index (Phi) is 3.99. The maximum absolute atomic E-state index is 12.7. The third-order valence-electron chi connectivity index (χ3n) is 3.62. The van der Waals surface area contributed by atoms with E-state index < -0.39 is 6.43 Å². The van der Waals surface area contributed by atoms with Gasteiger partial charge in [-0.2, -0.15) is 0 Å². The number of H-pyrrole nitrogens is 1. The van der Waals surface area contributed by atoms with Gasteiger partial charge in [0.25, 0.3) is 6.43 Å². The summed E-state index contributed by atoms with van der Waals surface area (Å²) >= 11 is 0. The molecule has 1 aliphatic rings. The van der Waals surface area contributed by atoms with E-state index in [-0.39, 0.29) is 11.3 Å². The van der Waals surface area contributed by atoms with Gasteiger partial charge >= 0.3 is 0 Å². The Bertz CT molecular complexity index is 697. The van der Waals surface area contributed by atoms with E-state index in [2.05, 4.69) is 19.9 Å². The van der Waals surface area contributed by atoms with Crippen molar-refractivity contribution in [3.8, 4) is 0 Å². The molecule has 8 heteroatoms. The predicted molar refractivity (Wildman–Crippen MR) is 78.5 cm³/mol. The molecule has 2 aromatic heterocycles. The number of nitrogens with one attached hydrogen (secondary N) is 1. The molecule has 0 atom stereocenters. The van der Waals surface area contributed by atoms with Crippen molar-refractivity contribution in [1.29, 1.82) is 0 Å². The summed E-state index contributed by atoms with van der Waals surface area (Å²) in [4.78, 5) is 25.6. The molecule has 22 heavy (non-hydrogen) atoms. The zero-order valence-electron chi connectivity index (χ0n) is 11.7. The topological polar surface area (TPSA) is 65.1 Å². The lowest BCUT2D eigenvalue weighted by atomic mass is 10.2. The van der Waals surface area contributed by atoms with Crippen molar-refractivity contribution in [2.75, 3.05) is 36.0 Å². The molecule has 1 saturated heterocycles. The van der Waals surface area contributed by atoms with Gasteiger partial charge in [-0.1, -0.05) is 0 Å². The molecule has 0 saturated carbocycles. The highest BCUT2D eigenvalue weighted by molar-refractivity contribution is 5.48. The largest absolute Gasteiger partial charge is 0.368 e. The van der Waals surface area contributed by atoms with E-state index in [0.29, 0.717) is 32.0 Å². The Morgan fingerprint density at radius 2 is 1.82 bits per heavy atom. The molecule has 3 rings (SSSR count). The molecule has 116 valence electrons. The van der Waals surface area contributed by atoms with E-state index in [1.807, 2.05) is 11.0 Å². The second kappa shape index (κ2) is 6.08. The summed E-state index contributed by atoms with van der Waals surface area (Å²) in [5.74, 6) is 0.510. The first-order chi connectivity index (χ1) is 10.6. The van der Waals surface area contributed by atoms with Crippen LogP contribution in [0.4, 0.5) is 20.3 Å². The summed E-state index contributed by atoms with van der Waals surface area (Å²) in [6.07, 6.45) is 0.183. The summed E-state index contributed by atoms with van der Waals surface area (Å²) in [5.41, 5.74) is 0.457. The van der Waals surface area contributed by atoms with Crippen molar-refractivity contribution >= 4 is 11.5 Å². The number of hydrogen-bond donors (Lipinski definition) is 1. The van der Waals surface area contributed by atoms with Gasteiger partial charge in [-0.05, 0) is 6.07 Å². The van der Waals surface area contributed by atoms with Gasteiger partial charge in [0.2, 0.25) is 5.56 Å². The number of anilines is 2. The van der Waals surface area contributed by atoms with Crippen LogP contribution in [0.15, 0.2) is 35.5 Å². The smallest absolute Gasteiger partial charge is 0.280 e. The molecule has 1 fully saturated rings. The number of pyridine rings is 1. The van der Waals surface area contributed by atoms with Crippen LogP contribution in [-0.2, 0) is 0 Å². The van der Waals surface area contributed by atoms with Crippen LogP contribution in [0.5, 0.6) is 0 Å². The molecule has 1 aliphatic heterocycles. The van der Waals surface area contributed by atoms with Gasteiger partial charge in [-0.15, -0.1) is 0 Å². The normalized spacial score (nSPS) is 15.4. The Balaban J connectivity index is 1.69. The monoisotopic (exact) mass is 307 g/mol. The summed E-state index contributed by atoms with van der Waals surface area (Å²) in [7, 11) is 0. The van der Waals surface area contributed by atoms with Gasteiger partial charge in [-0.25, -0.2) is 18.7 Å². The van der Waals surface area contributed by atoms with Crippen molar-refractivity contribution in [2.24, 2.45) is 0 Å². The molecular formula is C14H15F2N5O. The van der Waals surface area contributed by atoms with E-state index in [0.717, 1.165) is 5.69 Å². The molecule has 0 aromatic carbocycles. The lowest BCUT2D eigenvalue weighted by molar-refractivity contribution is 0.146. The van der Waals surface area contributed by atoms with E-state index in [1.165, 1.54) is 12.4 Å². The van der Waals surface area contributed by atoms with Gasteiger partial charge in [0.15, 0.2) is 0 Å². The fourth-order valence-electron chi connectivity index (χ4n) is 2.48. The van der Waals surface area contributed by atoms with Gasteiger partial charge in [0, 0.05) is 50.2 Å². The molecule has 6 nitrogen and oxygen atoms in total. The number of piperazine rings is 1. The van der Waals surface area contributed by atoms with Gasteiger partial charge in [0.1, 0.15) is 17.8 Å². The molecule has 0 unspecified atom stereocenters. The maximum atomic E-state index is 12.7. The summed E-state index contributed by atoms with van der Waals surface area (Å²) in [5, 5.41) is 0. The van der Waals surface area contributed by atoms with E-state index in [1.54, 1.807) is 12.3 Å². The predicted octanol–water partition coefficient (Wildman–Crippen LogP) is 1.43. The molecule has 2 aromatic rings. The number of nitrogens with zero attached hydrogens (tertiary/aromatic N) is 4. The molecule has 1 N–H and O–H groups in total. The first-order valence-electron chi connectivity index (χ1n) is 6.92. The molecule has 0 aliphatic carbocycles. The molecule has 3 heterocycles. The Morgan fingerprint density at radius 1 is 1.09 bits per heavy atom. The van der Waals surface area contributed by atoms with Gasteiger partial charge in [0.05, 0.1) is 0 Å². The van der Waals surface area contributed by atoms with Crippen molar-refractivity contribution in [3.05, 3.63) is 46.8 Å². The highest BCUT2D eigenvalue weighted by Crippen LogP contribution is 2.22. The van der Waals surface area contributed by atoms with E-state index >= 15 is 0 Å². The van der Waals surface area contributed by atoms with Crippen LogP contribution in [0.25, 0.3) is 0 Å². The van der Waals surface area contributed by atoms with E-state index in [9.17, 15) is 13.6 Å². The second-order valence-electron chi connectivity index (χ2n) is 4.99. The van der Waals surface area contributed by atoms with Crippen LogP contribution < -0.4 is 15.4 Å². The van der Waals surface area contributed by atoms with Gasteiger partial charge < -0.3 is 14.8 Å². The lowest BCUT2D eigenvalue weighted by Crippen LogP contribution is -2.47. The number of hydrogen-bond acceptors (Lipinski definition) is 5. The highest BCUT2D eigenvalue weighted by Gasteiger charge is 2.20. The SMILES string of the molecule is O=c1cc(N2CCN(c3cc(C(F)F)ncn3)CC2)cc[nH]1. The van der Waals surface area contributed by atoms with Crippen molar-refractivity contribution in [3.63, 3.8) is 0 Å². The van der Waals surface area contributed by atoms with Crippen molar-refractivity contribution < 1.29 is 8.78 Å². The minimum atomic E-state index is -2.60. The minimum Gasteiger partial charge on any atom is -0.368 e. The quantitative estimate of drug-likeness (QED) is 0.929. The van der Waals surface area contributed by atoms with Crippen LogP contribution in [0, 0.1) is 0 Å². The van der Waals surface area contributed by atoms with Crippen LogP contribution in [0.2, 0.25) is 0 Å². The highest BCUT2D eigenvalue weighted by atomic mass is 19.3. The molecule has 0 bridgehead atoms. The number of aromatic amines is 1. The fourth-order valence-corrected chi connectivity index (χ4v) is 2.48. The first-order valence-corrected chi connectivity index (χ1v) is 6.92. The molecule has 0 amide bonds. The minimum absolute atomic E-state index is 0.141. The third kappa shape index (κ3) is 3.05. The average Bonchev–Trinajstić information content (AvgIpc) is 2.55. The van der Waals surface area contributed by atoms with Crippen LogP contribution in [0.3, 0.4) is 0 Å². The summed E-state index contributed by atoms with van der Waals surface area (Å²) in [6, 6.07) is 4.72. The van der Waals surface area contributed by atoms with Crippen LogP contribution in [-0.4, -0.2) is 41.1 Å². The standard InChI is InChI=1S/C14H15F2N5O/c15-14(16)11-8-12(19-9-18-11)21-5-3-20(4-6-21)10-1-2-17-13(22)7-10/h1-2,7-9,14H,3-6H2,(H,17,22). The van der Waals surface area contributed by atoms with E-state index in [4.69, 9.17) is 0 Å². The van der Waals surface area contributed by atoms with Crippen LogP contribution in [0.1, 0.15) is 12.1 Å². The Morgan fingerprint density at radius 3 is 2.50 bits per heavy atom. The summed E-state index contributed by atoms with van der Waals surface area (Å²) in [6.45, 7) is 2.67. The zero-order valence-corrected chi connectivity index (χ0v) is 11.7. The summed E-state index contributed by atoms with van der Waals surface area (Å²) < 4.78 is 25.4. The number of rotatable bonds is 3. The molecule has 0 radical (unpaired) electrons. The van der Waals surface area contributed by atoms with Crippen LogP contribution >= 0.6 is 0 Å². The van der Waals surface area contributed by atoms with Gasteiger partial charge in [-0.3, -0.25) is 4.79 Å². The second-order valence-corrected chi connectivity index (χ2v) is 4.99. The number of halogens is 2. The van der Waals surface area contributed by atoms with Crippen molar-refractivity contribution in [2.45, 2.75) is 6.43 Å². The van der Waals surface area contributed by atoms with Crippen molar-refractivity contribution in [1.82, 2.24) is 15.0 Å². The maximum Gasteiger partial charge on any atom is 0.280 e. The fraction of sp³-hybridized carbons (Fsp3) is 0.357. The average molecular weight is 307 g/mol.